The predicted octanol–water partition coefficient (Wildman–Crippen LogP) is 3.30. The number of rotatable bonds is 4. The van der Waals surface area contributed by atoms with E-state index in [1.54, 1.807) is 18.2 Å². The molecule has 5 nitrogen and oxygen atoms in total. The molecule has 132 valence electrons. The average molecular weight is 428 g/mol. The zero-order valence-corrected chi connectivity index (χ0v) is 15.4. The van der Waals surface area contributed by atoms with Gasteiger partial charge in [0, 0.05) is 10.5 Å². The van der Waals surface area contributed by atoms with Gasteiger partial charge in [-0.15, -0.1) is 0 Å². The molecule has 1 amide bonds. The molecule has 0 radical (unpaired) electrons. The third-order valence-electron chi connectivity index (χ3n) is 3.80. The van der Waals surface area contributed by atoms with Gasteiger partial charge in [-0.05, 0) is 48.9 Å². The van der Waals surface area contributed by atoms with E-state index in [1.165, 1.54) is 24.3 Å². The van der Waals surface area contributed by atoms with Crippen molar-refractivity contribution in [1.29, 1.82) is 0 Å². The predicted molar refractivity (Wildman–Crippen MR) is 95.1 cm³/mol. The molecule has 3 rings (SSSR count). The van der Waals surface area contributed by atoms with Crippen molar-refractivity contribution in [3.05, 3.63) is 58.3 Å². The highest BCUT2D eigenvalue weighted by Crippen LogP contribution is 2.29. The van der Waals surface area contributed by atoms with E-state index in [4.69, 9.17) is 4.74 Å². The van der Waals surface area contributed by atoms with Crippen molar-refractivity contribution >= 4 is 31.7 Å². The largest absolute Gasteiger partial charge is 0.456 e. The van der Waals surface area contributed by atoms with Gasteiger partial charge < -0.3 is 10.1 Å². The van der Waals surface area contributed by atoms with Gasteiger partial charge in [0.15, 0.2) is 9.84 Å². The molecule has 0 bridgehead atoms. The number of carbonyl (C=O) groups excluding carboxylic acids is 1. The van der Waals surface area contributed by atoms with Crippen LogP contribution in [0.3, 0.4) is 0 Å². The number of halogens is 2. The van der Waals surface area contributed by atoms with Crippen LogP contribution in [0.4, 0.5) is 4.39 Å². The molecule has 0 aliphatic carbocycles. The Kier molecular flexibility index (Phi) is 5.10. The third kappa shape index (κ3) is 4.58. The number of nitrogens with one attached hydrogen (secondary N) is 1. The number of amides is 1. The Bertz CT molecular complexity index is 899. The molecule has 1 aliphatic heterocycles. The van der Waals surface area contributed by atoms with Crippen LogP contribution in [0.1, 0.15) is 16.8 Å². The summed E-state index contributed by atoms with van der Waals surface area (Å²) in [4.78, 5) is 12.5. The second kappa shape index (κ2) is 7.13. The Hall–Kier alpha value is -1.93. The number of hydrogen-bond donors (Lipinski definition) is 1. The van der Waals surface area contributed by atoms with Gasteiger partial charge in [0.25, 0.3) is 5.91 Å². The maximum absolute atomic E-state index is 13.0. The minimum Gasteiger partial charge on any atom is -0.456 e. The molecule has 1 aliphatic rings. The molecule has 8 heteroatoms. The first-order chi connectivity index (χ1) is 11.8. The summed E-state index contributed by atoms with van der Waals surface area (Å²) in [6, 6.07) is 9.94. The average Bonchev–Trinajstić information content (AvgIpc) is 2.88. The summed E-state index contributed by atoms with van der Waals surface area (Å²) in [5.41, 5.74) is 0.275. The van der Waals surface area contributed by atoms with Crippen LogP contribution in [0.15, 0.2) is 46.9 Å². The monoisotopic (exact) mass is 427 g/mol. The van der Waals surface area contributed by atoms with Crippen LogP contribution in [0.5, 0.6) is 11.5 Å². The van der Waals surface area contributed by atoms with E-state index in [-0.39, 0.29) is 22.9 Å². The SMILES string of the molecule is O=C(NC1CCS(=O)(=O)C1)c1ccc(Br)cc1Oc1ccc(F)cc1. The van der Waals surface area contributed by atoms with Crippen molar-refractivity contribution in [3.63, 3.8) is 0 Å². The van der Waals surface area contributed by atoms with Gasteiger partial charge in [0.1, 0.15) is 17.3 Å². The molecule has 1 atom stereocenters. The van der Waals surface area contributed by atoms with Crippen molar-refractivity contribution in [2.45, 2.75) is 12.5 Å². The lowest BCUT2D eigenvalue weighted by atomic mass is 10.1. The zero-order valence-electron chi connectivity index (χ0n) is 13.0. The fourth-order valence-corrected chi connectivity index (χ4v) is 4.58. The second-order valence-electron chi connectivity index (χ2n) is 5.77. The summed E-state index contributed by atoms with van der Waals surface area (Å²) in [5.74, 6) is -0.0919. The standard InChI is InChI=1S/C17H15BrFNO4S/c18-11-1-6-15(17(21)20-13-7-8-25(22,23)10-13)16(9-11)24-14-4-2-12(19)3-5-14/h1-6,9,13H,7-8,10H2,(H,20,21). The summed E-state index contributed by atoms with van der Waals surface area (Å²) in [5, 5.41) is 2.73. The fourth-order valence-electron chi connectivity index (χ4n) is 2.57. The van der Waals surface area contributed by atoms with E-state index in [0.717, 1.165) is 0 Å². The van der Waals surface area contributed by atoms with Crippen LogP contribution in [0, 0.1) is 5.82 Å². The van der Waals surface area contributed by atoms with Gasteiger partial charge in [-0.2, -0.15) is 0 Å². The van der Waals surface area contributed by atoms with E-state index in [0.29, 0.717) is 22.4 Å². The number of benzene rings is 2. The van der Waals surface area contributed by atoms with Gasteiger partial charge in [0.2, 0.25) is 0 Å². The van der Waals surface area contributed by atoms with Crippen molar-refractivity contribution in [2.24, 2.45) is 0 Å². The van der Waals surface area contributed by atoms with Crippen molar-refractivity contribution in [3.8, 4) is 11.5 Å². The molecule has 0 aromatic heterocycles. The van der Waals surface area contributed by atoms with Crippen LogP contribution < -0.4 is 10.1 Å². The molecule has 1 heterocycles. The van der Waals surface area contributed by atoms with Crippen molar-refractivity contribution in [2.75, 3.05) is 11.5 Å². The van der Waals surface area contributed by atoms with E-state index < -0.39 is 21.8 Å². The summed E-state index contributed by atoms with van der Waals surface area (Å²) in [7, 11) is -3.08. The van der Waals surface area contributed by atoms with Crippen molar-refractivity contribution < 1.29 is 22.3 Å². The Labute approximate surface area is 153 Å². The van der Waals surface area contributed by atoms with Gasteiger partial charge in [-0.1, -0.05) is 15.9 Å². The minimum atomic E-state index is -3.08. The summed E-state index contributed by atoms with van der Waals surface area (Å²) < 4.78 is 42.5. The maximum Gasteiger partial charge on any atom is 0.255 e. The smallest absolute Gasteiger partial charge is 0.255 e. The van der Waals surface area contributed by atoms with E-state index in [1.807, 2.05) is 0 Å². The fraction of sp³-hybridized carbons (Fsp3) is 0.235. The zero-order chi connectivity index (χ0) is 18.0. The van der Waals surface area contributed by atoms with E-state index >= 15 is 0 Å². The number of hydrogen-bond acceptors (Lipinski definition) is 4. The quantitative estimate of drug-likeness (QED) is 0.812. The van der Waals surface area contributed by atoms with Crippen LogP contribution in [0.2, 0.25) is 0 Å². The van der Waals surface area contributed by atoms with E-state index in [2.05, 4.69) is 21.2 Å². The molecule has 1 saturated heterocycles. The lowest BCUT2D eigenvalue weighted by molar-refractivity contribution is 0.0939. The number of carbonyl (C=O) groups is 1. The highest BCUT2D eigenvalue weighted by atomic mass is 79.9. The second-order valence-corrected chi connectivity index (χ2v) is 8.91. The maximum atomic E-state index is 13.0. The Morgan fingerprint density at radius 2 is 1.92 bits per heavy atom. The summed E-state index contributed by atoms with van der Waals surface area (Å²) in [6.45, 7) is 0. The van der Waals surface area contributed by atoms with Crippen LogP contribution >= 0.6 is 15.9 Å². The highest BCUT2D eigenvalue weighted by Gasteiger charge is 2.29. The van der Waals surface area contributed by atoms with Gasteiger partial charge >= 0.3 is 0 Å². The van der Waals surface area contributed by atoms with E-state index in [9.17, 15) is 17.6 Å². The molecule has 2 aromatic rings. The molecule has 0 saturated carbocycles. The Morgan fingerprint density at radius 1 is 1.20 bits per heavy atom. The molecule has 25 heavy (non-hydrogen) atoms. The first kappa shape index (κ1) is 17.9. The lowest BCUT2D eigenvalue weighted by Gasteiger charge is -2.14. The van der Waals surface area contributed by atoms with Gasteiger partial charge in [0.05, 0.1) is 17.1 Å². The van der Waals surface area contributed by atoms with Crippen LogP contribution in [-0.4, -0.2) is 31.9 Å². The lowest BCUT2D eigenvalue weighted by Crippen LogP contribution is -2.35. The molecule has 1 unspecified atom stereocenters. The van der Waals surface area contributed by atoms with Gasteiger partial charge in [-0.3, -0.25) is 4.79 Å². The first-order valence-corrected chi connectivity index (χ1v) is 10.2. The van der Waals surface area contributed by atoms with Crippen LogP contribution in [0.25, 0.3) is 0 Å². The highest BCUT2D eigenvalue weighted by molar-refractivity contribution is 9.10. The van der Waals surface area contributed by atoms with Crippen LogP contribution in [-0.2, 0) is 9.84 Å². The van der Waals surface area contributed by atoms with Crippen molar-refractivity contribution in [1.82, 2.24) is 5.32 Å². The molecule has 0 spiro atoms. The molecular weight excluding hydrogens is 413 g/mol. The molecular formula is C17H15BrFNO4S. The van der Waals surface area contributed by atoms with Gasteiger partial charge in [-0.25, -0.2) is 12.8 Å². The Morgan fingerprint density at radius 3 is 2.56 bits per heavy atom. The normalized spacial score (nSPS) is 18.7. The molecule has 1 N–H and O–H groups in total. The molecule has 1 fully saturated rings. The topological polar surface area (TPSA) is 72.5 Å². The minimum absolute atomic E-state index is 0.0522. The first-order valence-electron chi connectivity index (χ1n) is 7.57. The number of sulfone groups is 1. The Balaban J connectivity index is 1.81. The summed E-state index contributed by atoms with van der Waals surface area (Å²) in [6.07, 6.45) is 0.402. The third-order valence-corrected chi connectivity index (χ3v) is 6.06. The number of ether oxygens (including phenoxy) is 1. The molecule has 2 aromatic carbocycles. The summed E-state index contributed by atoms with van der Waals surface area (Å²) >= 11 is 3.32.